The molecule has 1 spiro atoms. The first-order valence-electron chi connectivity index (χ1n) is 12.2. The zero-order valence-electron chi connectivity index (χ0n) is 20.7. The topological polar surface area (TPSA) is 96.4 Å². The Morgan fingerprint density at radius 2 is 2.00 bits per heavy atom. The summed E-state index contributed by atoms with van der Waals surface area (Å²) in [6.45, 7) is 11.6. The van der Waals surface area contributed by atoms with Gasteiger partial charge in [0.1, 0.15) is 18.2 Å². The van der Waals surface area contributed by atoms with E-state index in [-0.39, 0.29) is 42.9 Å². The number of alkyl halides is 1. The van der Waals surface area contributed by atoms with Crippen LogP contribution in [0.4, 0.5) is 5.69 Å². The van der Waals surface area contributed by atoms with Gasteiger partial charge < -0.3 is 24.4 Å². The summed E-state index contributed by atoms with van der Waals surface area (Å²) in [7, 11) is 0. The molecule has 6 atom stereocenters. The minimum Gasteiger partial charge on any atom is -0.461 e. The van der Waals surface area contributed by atoms with E-state index in [1.807, 2.05) is 32.0 Å². The summed E-state index contributed by atoms with van der Waals surface area (Å²) in [6, 6.07) is 4.85. The number of carbonyl (C=O) groups is 3. The fourth-order valence-corrected chi connectivity index (χ4v) is 7.14. The number of hydrogen-bond donors (Lipinski definition) is 1. The van der Waals surface area contributed by atoms with Gasteiger partial charge in [0.25, 0.3) is 5.91 Å². The van der Waals surface area contributed by atoms with E-state index < -0.39 is 35.6 Å². The predicted molar refractivity (Wildman–Crippen MR) is 139 cm³/mol. The van der Waals surface area contributed by atoms with Crippen LogP contribution < -0.4 is 4.90 Å². The van der Waals surface area contributed by atoms with Crippen molar-refractivity contribution in [2.45, 2.75) is 49.3 Å². The molecule has 1 N–H and O–H groups in total. The summed E-state index contributed by atoms with van der Waals surface area (Å²) >= 11 is 3.64. The summed E-state index contributed by atoms with van der Waals surface area (Å²) in [4.78, 5) is 44.3. The smallest absolute Gasteiger partial charge is 0.312 e. The Kier molecular flexibility index (Phi) is 7.73. The monoisotopic (exact) mass is 560 g/mol. The van der Waals surface area contributed by atoms with Gasteiger partial charge >= 0.3 is 5.97 Å². The molecule has 1 aromatic carbocycles. The lowest BCUT2D eigenvalue weighted by molar-refractivity contribution is -0.153. The number of aliphatic hydroxyl groups excluding tert-OH is 1. The van der Waals surface area contributed by atoms with Crippen molar-refractivity contribution in [1.82, 2.24) is 4.90 Å². The molecular formula is C27H33BrN2O6. The van der Waals surface area contributed by atoms with Crippen LogP contribution in [0.3, 0.4) is 0 Å². The number of aryl methyl sites for hydroxylation is 2. The molecule has 0 aromatic heterocycles. The Morgan fingerprint density at radius 1 is 1.31 bits per heavy atom. The summed E-state index contributed by atoms with van der Waals surface area (Å²) in [5, 5.41) is 9.53. The number of hydrogen-bond acceptors (Lipinski definition) is 6. The van der Waals surface area contributed by atoms with E-state index in [0.29, 0.717) is 12.8 Å². The molecule has 4 rings (SSSR count). The van der Waals surface area contributed by atoms with Gasteiger partial charge in [-0.25, -0.2) is 0 Å². The zero-order chi connectivity index (χ0) is 26.2. The number of carbonyl (C=O) groups excluding carboxylic acids is 3. The number of benzene rings is 1. The van der Waals surface area contributed by atoms with E-state index in [2.05, 4.69) is 29.1 Å². The maximum atomic E-state index is 14.4. The number of aliphatic hydroxyl groups is 1. The summed E-state index contributed by atoms with van der Waals surface area (Å²) in [6.07, 6.45) is 3.25. The second kappa shape index (κ2) is 10.5. The van der Waals surface area contributed by atoms with Crippen molar-refractivity contribution < 1.29 is 29.0 Å². The van der Waals surface area contributed by atoms with Gasteiger partial charge in [-0.05, 0) is 37.8 Å². The summed E-state index contributed by atoms with van der Waals surface area (Å²) in [5.74, 6) is -2.81. The van der Waals surface area contributed by atoms with Gasteiger partial charge in [-0.2, -0.15) is 0 Å². The second-order valence-corrected chi connectivity index (χ2v) is 10.8. The van der Waals surface area contributed by atoms with E-state index in [1.54, 1.807) is 11.0 Å². The lowest BCUT2D eigenvalue weighted by Gasteiger charge is -2.37. The Morgan fingerprint density at radius 3 is 2.61 bits per heavy atom. The summed E-state index contributed by atoms with van der Waals surface area (Å²) in [5.41, 5.74) is 1.43. The molecular weight excluding hydrogens is 528 g/mol. The maximum absolute atomic E-state index is 14.4. The molecule has 9 heteroatoms. The van der Waals surface area contributed by atoms with E-state index in [4.69, 9.17) is 9.47 Å². The molecule has 3 unspecified atom stereocenters. The molecule has 194 valence electrons. The predicted octanol–water partition coefficient (Wildman–Crippen LogP) is 2.68. The Labute approximate surface area is 220 Å². The molecule has 3 aliphatic heterocycles. The van der Waals surface area contributed by atoms with Crippen molar-refractivity contribution in [2.24, 2.45) is 11.8 Å². The van der Waals surface area contributed by atoms with Crippen molar-refractivity contribution in [3.8, 4) is 0 Å². The first-order valence-corrected chi connectivity index (χ1v) is 13.1. The van der Waals surface area contributed by atoms with Gasteiger partial charge in [-0.15, -0.1) is 6.58 Å². The zero-order valence-corrected chi connectivity index (χ0v) is 22.3. The molecule has 3 fully saturated rings. The van der Waals surface area contributed by atoms with Gasteiger partial charge in [-0.1, -0.05) is 52.9 Å². The molecule has 3 saturated heterocycles. The van der Waals surface area contributed by atoms with E-state index in [9.17, 15) is 19.5 Å². The molecule has 1 aromatic rings. The number of para-hydroxylation sites is 1. The minimum atomic E-state index is -1.18. The van der Waals surface area contributed by atoms with Crippen LogP contribution in [0.15, 0.2) is 43.5 Å². The average Bonchev–Trinajstić information content (AvgIpc) is 3.43. The number of amides is 2. The fraction of sp³-hybridized carbons (Fsp3) is 0.519. The molecule has 8 nitrogen and oxygen atoms in total. The SMILES string of the molecule is C=CCOC(=O)[C@H]1[C@@H]2OC3(CC2Br)C(C(=O)N(CC=C)c2c(C)cccc2C)N(CCCO)C(=O)[C@H]13. The van der Waals surface area contributed by atoms with Crippen LogP contribution in [-0.2, 0) is 23.9 Å². The second-order valence-electron chi connectivity index (χ2n) is 9.67. The summed E-state index contributed by atoms with van der Waals surface area (Å²) < 4.78 is 11.8. The molecule has 0 saturated carbocycles. The number of anilines is 1. The van der Waals surface area contributed by atoms with Gasteiger partial charge in [-0.3, -0.25) is 14.4 Å². The normalized spacial score (nSPS) is 30.3. The molecule has 3 heterocycles. The van der Waals surface area contributed by atoms with Crippen LogP contribution in [0, 0.1) is 25.7 Å². The molecule has 36 heavy (non-hydrogen) atoms. The minimum absolute atomic E-state index is 0.0270. The number of ether oxygens (including phenoxy) is 2. The molecule has 3 aliphatic rings. The highest BCUT2D eigenvalue weighted by Crippen LogP contribution is 2.60. The maximum Gasteiger partial charge on any atom is 0.312 e. The van der Waals surface area contributed by atoms with Crippen molar-refractivity contribution in [1.29, 1.82) is 0 Å². The number of esters is 1. The third-order valence-electron chi connectivity index (χ3n) is 7.48. The number of nitrogens with zero attached hydrogens (tertiary/aromatic N) is 2. The molecule has 0 aliphatic carbocycles. The van der Waals surface area contributed by atoms with Crippen LogP contribution in [0.25, 0.3) is 0 Å². The molecule has 0 radical (unpaired) electrons. The Hall–Kier alpha value is -2.49. The van der Waals surface area contributed by atoms with Gasteiger partial charge in [0.05, 0.1) is 17.9 Å². The largest absolute Gasteiger partial charge is 0.461 e. The van der Waals surface area contributed by atoms with Gasteiger partial charge in [0.15, 0.2) is 0 Å². The van der Waals surface area contributed by atoms with E-state index in [0.717, 1.165) is 16.8 Å². The number of rotatable bonds is 10. The van der Waals surface area contributed by atoms with E-state index in [1.165, 1.54) is 11.0 Å². The lowest BCUT2D eigenvalue weighted by Crippen LogP contribution is -2.57. The van der Waals surface area contributed by atoms with Crippen LogP contribution in [0.1, 0.15) is 24.0 Å². The Bertz CT molecular complexity index is 1060. The average molecular weight is 561 g/mol. The van der Waals surface area contributed by atoms with Crippen LogP contribution >= 0.6 is 15.9 Å². The molecule has 2 bridgehead atoms. The van der Waals surface area contributed by atoms with Crippen molar-refractivity contribution >= 4 is 39.4 Å². The van der Waals surface area contributed by atoms with Crippen LogP contribution in [-0.4, -0.2) is 76.7 Å². The van der Waals surface area contributed by atoms with Gasteiger partial charge in [0.2, 0.25) is 5.91 Å². The molecule has 2 amide bonds. The van der Waals surface area contributed by atoms with Crippen molar-refractivity contribution in [3.05, 3.63) is 54.6 Å². The highest BCUT2D eigenvalue weighted by atomic mass is 79.9. The highest BCUT2D eigenvalue weighted by Gasteiger charge is 2.77. The number of halogens is 1. The van der Waals surface area contributed by atoms with Crippen molar-refractivity contribution in [3.63, 3.8) is 0 Å². The first kappa shape index (κ1) is 26.6. The van der Waals surface area contributed by atoms with Crippen LogP contribution in [0.5, 0.6) is 0 Å². The van der Waals surface area contributed by atoms with Crippen molar-refractivity contribution in [2.75, 3.05) is 31.2 Å². The first-order chi connectivity index (χ1) is 17.2. The third-order valence-corrected chi connectivity index (χ3v) is 8.33. The standard InChI is InChI=1S/C27H33BrN2O6/c1-5-11-29(21-16(3)9-7-10-17(21)4)25(33)23-27-15-18(28)22(36-27)19(26(34)35-14-6-2)20(27)24(32)30(23)12-8-13-31/h5-7,9-10,18-20,22-23,31H,1-2,8,11-15H2,3-4H3/t18?,19-,20+,22-,23?,27?/m1/s1. The van der Waals surface area contributed by atoms with Crippen LogP contribution in [0.2, 0.25) is 0 Å². The number of fused-ring (bicyclic) bond motifs is 1. The fourth-order valence-electron chi connectivity index (χ4n) is 6.20. The third kappa shape index (κ3) is 4.11. The Balaban J connectivity index is 1.81. The lowest BCUT2D eigenvalue weighted by atomic mass is 9.70. The quantitative estimate of drug-likeness (QED) is 0.268. The van der Waals surface area contributed by atoms with E-state index >= 15 is 0 Å². The number of likely N-dealkylation sites (tertiary alicyclic amines) is 1. The highest BCUT2D eigenvalue weighted by molar-refractivity contribution is 9.09. The van der Waals surface area contributed by atoms with Gasteiger partial charge in [0, 0.05) is 30.2 Å².